The molecule has 0 aromatic heterocycles. The minimum absolute atomic E-state index is 0.0630. The molecule has 90 valence electrons. The van der Waals surface area contributed by atoms with Gasteiger partial charge in [0.1, 0.15) is 0 Å². The van der Waals surface area contributed by atoms with E-state index in [1.165, 1.54) is 16.7 Å². The Balaban J connectivity index is 3.19. The molecule has 1 unspecified atom stereocenters. The van der Waals surface area contributed by atoms with Crippen molar-refractivity contribution in [1.29, 1.82) is 0 Å². The van der Waals surface area contributed by atoms with E-state index in [0.717, 1.165) is 12.0 Å². The maximum atomic E-state index is 10.4. The fourth-order valence-corrected chi connectivity index (χ4v) is 1.89. The van der Waals surface area contributed by atoms with Crippen LogP contribution >= 0.6 is 0 Å². The van der Waals surface area contributed by atoms with E-state index >= 15 is 0 Å². The first-order valence-corrected chi connectivity index (χ1v) is 6.05. The van der Waals surface area contributed by atoms with Gasteiger partial charge in [-0.05, 0) is 54.9 Å². The Bertz CT molecular complexity index is 377. The monoisotopic (exact) mass is 220 g/mol. The SMILES string of the molecule is CCC(C)(C)C(O)c1cc(C)c(C)cc1C. The fourth-order valence-electron chi connectivity index (χ4n) is 1.89. The first-order valence-electron chi connectivity index (χ1n) is 6.05. The molecule has 1 rings (SSSR count). The van der Waals surface area contributed by atoms with Crippen molar-refractivity contribution in [3.05, 3.63) is 34.4 Å². The summed E-state index contributed by atoms with van der Waals surface area (Å²) in [6.07, 6.45) is 0.595. The molecule has 0 heterocycles. The van der Waals surface area contributed by atoms with Crippen molar-refractivity contribution in [2.75, 3.05) is 0 Å². The zero-order valence-corrected chi connectivity index (χ0v) is 11.4. The number of rotatable bonds is 3. The molecule has 0 aliphatic carbocycles. The molecule has 1 nitrogen and oxygen atoms in total. The maximum Gasteiger partial charge on any atom is 0.0843 e. The Morgan fingerprint density at radius 1 is 1.06 bits per heavy atom. The van der Waals surface area contributed by atoms with Gasteiger partial charge in [0.05, 0.1) is 6.10 Å². The van der Waals surface area contributed by atoms with Crippen molar-refractivity contribution in [3.63, 3.8) is 0 Å². The van der Waals surface area contributed by atoms with E-state index in [-0.39, 0.29) is 11.5 Å². The molecule has 0 saturated carbocycles. The summed E-state index contributed by atoms with van der Waals surface area (Å²) in [5.74, 6) is 0. The lowest BCUT2D eigenvalue weighted by molar-refractivity contribution is 0.0460. The van der Waals surface area contributed by atoms with Gasteiger partial charge in [0, 0.05) is 0 Å². The third-order valence-electron chi connectivity index (χ3n) is 3.83. The molecule has 0 aliphatic rings. The molecule has 0 radical (unpaired) electrons. The smallest absolute Gasteiger partial charge is 0.0843 e. The normalized spacial score (nSPS) is 13.9. The van der Waals surface area contributed by atoms with E-state index in [2.05, 4.69) is 53.7 Å². The summed E-state index contributed by atoms with van der Waals surface area (Å²) in [5.41, 5.74) is 4.76. The van der Waals surface area contributed by atoms with Crippen molar-refractivity contribution in [2.45, 2.75) is 54.1 Å². The molecule has 0 fully saturated rings. The van der Waals surface area contributed by atoms with Crippen LogP contribution in [0, 0.1) is 26.2 Å². The van der Waals surface area contributed by atoms with Crippen LogP contribution in [0.1, 0.15) is 55.5 Å². The van der Waals surface area contributed by atoms with Crippen molar-refractivity contribution in [3.8, 4) is 0 Å². The van der Waals surface area contributed by atoms with E-state index in [0.29, 0.717) is 0 Å². The average molecular weight is 220 g/mol. The zero-order valence-electron chi connectivity index (χ0n) is 11.4. The molecule has 0 spiro atoms. The van der Waals surface area contributed by atoms with Crippen LogP contribution in [0.25, 0.3) is 0 Å². The third kappa shape index (κ3) is 2.46. The Kier molecular flexibility index (Phi) is 3.80. The van der Waals surface area contributed by atoms with Crippen LogP contribution in [0.3, 0.4) is 0 Å². The van der Waals surface area contributed by atoms with E-state index in [1.54, 1.807) is 0 Å². The van der Waals surface area contributed by atoms with Gasteiger partial charge in [-0.15, -0.1) is 0 Å². The predicted molar refractivity (Wildman–Crippen MR) is 69.7 cm³/mol. The molecule has 1 heteroatoms. The molecule has 0 saturated heterocycles. The summed E-state index contributed by atoms with van der Waals surface area (Å²) in [6.45, 7) is 12.7. The van der Waals surface area contributed by atoms with Crippen LogP contribution in [0.4, 0.5) is 0 Å². The lowest BCUT2D eigenvalue weighted by atomic mass is 9.78. The van der Waals surface area contributed by atoms with E-state index in [4.69, 9.17) is 0 Å². The Morgan fingerprint density at radius 3 is 2.06 bits per heavy atom. The molecule has 1 atom stereocenters. The summed E-state index contributed by atoms with van der Waals surface area (Å²) >= 11 is 0. The average Bonchev–Trinajstić information content (AvgIpc) is 2.22. The topological polar surface area (TPSA) is 20.2 Å². The molecule has 1 aromatic rings. The van der Waals surface area contributed by atoms with Gasteiger partial charge in [-0.1, -0.05) is 32.9 Å². The first-order chi connectivity index (χ1) is 7.29. The number of hydrogen-bond acceptors (Lipinski definition) is 1. The summed E-state index contributed by atoms with van der Waals surface area (Å²) in [4.78, 5) is 0. The lowest BCUT2D eigenvalue weighted by Gasteiger charge is -2.31. The molecule has 1 N–H and O–H groups in total. The van der Waals surface area contributed by atoms with Gasteiger partial charge in [-0.2, -0.15) is 0 Å². The van der Waals surface area contributed by atoms with Gasteiger partial charge in [0.15, 0.2) is 0 Å². The maximum absolute atomic E-state index is 10.4. The van der Waals surface area contributed by atoms with E-state index < -0.39 is 0 Å². The molecular formula is C15H24O. The molecule has 16 heavy (non-hydrogen) atoms. The van der Waals surface area contributed by atoms with E-state index in [1.807, 2.05) is 0 Å². The lowest BCUT2D eigenvalue weighted by Crippen LogP contribution is -2.22. The van der Waals surface area contributed by atoms with Crippen molar-refractivity contribution < 1.29 is 5.11 Å². The Hall–Kier alpha value is -0.820. The van der Waals surface area contributed by atoms with Crippen LogP contribution in [0.5, 0.6) is 0 Å². The highest BCUT2D eigenvalue weighted by Gasteiger charge is 2.28. The summed E-state index contributed by atoms with van der Waals surface area (Å²) in [5, 5.41) is 10.4. The largest absolute Gasteiger partial charge is 0.388 e. The summed E-state index contributed by atoms with van der Waals surface area (Å²) in [6, 6.07) is 4.30. The van der Waals surface area contributed by atoms with Crippen LogP contribution in [-0.4, -0.2) is 5.11 Å². The number of aryl methyl sites for hydroxylation is 3. The minimum Gasteiger partial charge on any atom is -0.388 e. The van der Waals surface area contributed by atoms with Gasteiger partial charge in [0.2, 0.25) is 0 Å². The van der Waals surface area contributed by atoms with Crippen molar-refractivity contribution >= 4 is 0 Å². The highest BCUT2D eigenvalue weighted by atomic mass is 16.3. The Labute approximate surface area is 99.5 Å². The van der Waals surface area contributed by atoms with Crippen molar-refractivity contribution in [1.82, 2.24) is 0 Å². The fraction of sp³-hybridized carbons (Fsp3) is 0.600. The number of aliphatic hydroxyl groups excluding tert-OH is 1. The second kappa shape index (κ2) is 4.58. The minimum atomic E-state index is -0.378. The predicted octanol–water partition coefficient (Wildman–Crippen LogP) is 4.08. The van der Waals surface area contributed by atoms with Crippen molar-refractivity contribution in [2.24, 2.45) is 5.41 Å². The van der Waals surface area contributed by atoms with Gasteiger partial charge < -0.3 is 5.11 Å². The second-order valence-electron chi connectivity index (χ2n) is 5.54. The zero-order chi connectivity index (χ0) is 12.5. The second-order valence-corrected chi connectivity index (χ2v) is 5.54. The molecule has 0 bridgehead atoms. The quantitative estimate of drug-likeness (QED) is 0.813. The van der Waals surface area contributed by atoms with Gasteiger partial charge in [-0.3, -0.25) is 0 Å². The Morgan fingerprint density at radius 2 is 1.56 bits per heavy atom. The van der Waals surface area contributed by atoms with Crippen LogP contribution < -0.4 is 0 Å². The van der Waals surface area contributed by atoms with Crippen LogP contribution in [0.15, 0.2) is 12.1 Å². The standard InChI is InChI=1S/C15H24O/c1-7-15(5,6)14(16)13-9-11(3)10(2)8-12(13)4/h8-9,14,16H,7H2,1-6H3. The molecular weight excluding hydrogens is 196 g/mol. The summed E-state index contributed by atoms with van der Waals surface area (Å²) in [7, 11) is 0. The molecule has 0 aliphatic heterocycles. The number of aliphatic hydroxyl groups is 1. The summed E-state index contributed by atoms with van der Waals surface area (Å²) < 4.78 is 0. The number of hydrogen-bond donors (Lipinski definition) is 1. The molecule has 1 aromatic carbocycles. The highest BCUT2D eigenvalue weighted by molar-refractivity contribution is 5.38. The first kappa shape index (κ1) is 13.2. The number of benzene rings is 1. The van der Waals surface area contributed by atoms with Crippen LogP contribution in [0.2, 0.25) is 0 Å². The highest BCUT2D eigenvalue weighted by Crippen LogP contribution is 2.38. The van der Waals surface area contributed by atoms with Gasteiger partial charge in [-0.25, -0.2) is 0 Å². The van der Waals surface area contributed by atoms with Crippen LogP contribution in [-0.2, 0) is 0 Å². The molecule has 0 amide bonds. The van der Waals surface area contributed by atoms with E-state index in [9.17, 15) is 5.11 Å². The third-order valence-corrected chi connectivity index (χ3v) is 3.83. The van der Waals surface area contributed by atoms with Gasteiger partial charge in [0.25, 0.3) is 0 Å². The van der Waals surface area contributed by atoms with Gasteiger partial charge >= 0.3 is 0 Å².